The van der Waals surface area contributed by atoms with E-state index < -0.39 is 0 Å². The number of nitrogens with zero attached hydrogens (tertiary/aromatic N) is 4. The summed E-state index contributed by atoms with van der Waals surface area (Å²) in [5, 5.41) is 10.6. The summed E-state index contributed by atoms with van der Waals surface area (Å²) in [7, 11) is 0. The summed E-state index contributed by atoms with van der Waals surface area (Å²) in [6.45, 7) is -0.0345. The van der Waals surface area contributed by atoms with Crippen LogP contribution in [-0.4, -0.2) is 42.7 Å². The van der Waals surface area contributed by atoms with Crippen molar-refractivity contribution < 1.29 is 14.4 Å². The number of imide groups is 1. The van der Waals surface area contributed by atoms with Crippen LogP contribution >= 0.6 is 23.4 Å². The topological polar surface area (TPSA) is 97.2 Å². The molecule has 0 radical (unpaired) electrons. The van der Waals surface area contributed by atoms with Crippen molar-refractivity contribution in [3.63, 3.8) is 0 Å². The summed E-state index contributed by atoms with van der Waals surface area (Å²) in [6, 6.07) is 6.70. The van der Waals surface area contributed by atoms with Crippen LogP contribution in [0.1, 0.15) is 5.69 Å². The van der Waals surface area contributed by atoms with Crippen LogP contribution in [-0.2, 0) is 22.7 Å². The van der Waals surface area contributed by atoms with Crippen molar-refractivity contribution in [2.75, 3.05) is 11.1 Å². The van der Waals surface area contributed by atoms with E-state index >= 15 is 0 Å². The molecule has 1 fully saturated rings. The lowest BCUT2D eigenvalue weighted by Crippen LogP contribution is -2.30. The second-order valence-electron chi connectivity index (χ2n) is 4.97. The van der Waals surface area contributed by atoms with Gasteiger partial charge in [-0.05, 0) is 24.3 Å². The number of nitrogens with one attached hydrogen (secondary N) is 1. The molecule has 0 unspecified atom stereocenters. The number of benzene rings is 1. The van der Waals surface area contributed by atoms with Crippen LogP contribution in [0.25, 0.3) is 0 Å². The Morgan fingerprint density at radius 1 is 1.29 bits per heavy atom. The molecule has 10 heteroatoms. The van der Waals surface area contributed by atoms with Crippen molar-refractivity contribution in [1.82, 2.24) is 19.9 Å². The van der Waals surface area contributed by atoms with Crippen molar-refractivity contribution in [3.8, 4) is 0 Å². The number of rotatable bonds is 5. The minimum Gasteiger partial charge on any atom is -0.324 e. The fourth-order valence-electron chi connectivity index (χ4n) is 2.10. The zero-order valence-electron chi connectivity index (χ0n) is 12.3. The van der Waals surface area contributed by atoms with Crippen molar-refractivity contribution in [3.05, 3.63) is 41.2 Å². The average Bonchev–Trinajstić information content (AvgIpc) is 3.11. The van der Waals surface area contributed by atoms with Crippen LogP contribution < -0.4 is 5.32 Å². The Morgan fingerprint density at radius 2 is 2.04 bits per heavy atom. The Morgan fingerprint density at radius 3 is 2.71 bits per heavy atom. The zero-order chi connectivity index (χ0) is 17.1. The van der Waals surface area contributed by atoms with Crippen LogP contribution in [0.2, 0.25) is 5.02 Å². The Labute approximate surface area is 146 Å². The second-order valence-corrected chi connectivity index (χ2v) is 6.34. The number of anilines is 1. The SMILES string of the molecule is O=C(Cn1nncc1CN1C(=O)CSC1=O)Nc1ccc(Cl)cc1. The van der Waals surface area contributed by atoms with Gasteiger partial charge in [-0.1, -0.05) is 28.6 Å². The largest absolute Gasteiger partial charge is 0.324 e. The Kier molecular flexibility index (Phi) is 4.81. The summed E-state index contributed by atoms with van der Waals surface area (Å²) in [5.74, 6) is -0.432. The molecule has 0 atom stereocenters. The van der Waals surface area contributed by atoms with Crippen molar-refractivity contribution >= 4 is 46.1 Å². The number of carbonyl (C=O) groups excluding carboxylic acids is 3. The highest BCUT2D eigenvalue weighted by molar-refractivity contribution is 8.14. The number of hydrogen-bond donors (Lipinski definition) is 1. The van der Waals surface area contributed by atoms with Crippen LogP contribution in [0.5, 0.6) is 0 Å². The third-order valence-corrected chi connectivity index (χ3v) is 4.39. The van der Waals surface area contributed by atoms with Crippen LogP contribution in [0.3, 0.4) is 0 Å². The molecule has 1 saturated heterocycles. The first kappa shape index (κ1) is 16.5. The smallest absolute Gasteiger partial charge is 0.289 e. The predicted molar refractivity (Wildman–Crippen MR) is 88.5 cm³/mol. The highest BCUT2D eigenvalue weighted by Crippen LogP contribution is 2.21. The number of aromatic nitrogens is 3. The van der Waals surface area contributed by atoms with E-state index in [0.717, 1.165) is 16.7 Å². The van der Waals surface area contributed by atoms with Gasteiger partial charge < -0.3 is 5.32 Å². The Balaban J connectivity index is 1.64. The lowest BCUT2D eigenvalue weighted by Gasteiger charge is -2.13. The van der Waals surface area contributed by atoms with Gasteiger partial charge in [0, 0.05) is 10.7 Å². The number of carbonyl (C=O) groups is 3. The number of halogens is 1. The van der Waals surface area contributed by atoms with Crippen molar-refractivity contribution in [2.45, 2.75) is 13.1 Å². The molecule has 0 spiro atoms. The molecule has 2 aromatic rings. The first-order chi connectivity index (χ1) is 11.5. The molecule has 0 aliphatic carbocycles. The molecule has 3 amide bonds. The van der Waals surface area contributed by atoms with Gasteiger partial charge in [0.2, 0.25) is 11.8 Å². The Hall–Kier alpha value is -2.39. The minimum atomic E-state index is -0.308. The first-order valence-electron chi connectivity index (χ1n) is 6.93. The van der Waals surface area contributed by atoms with E-state index in [2.05, 4.69) is 15.6 Å². The standard InChI is InChI=1S/C14H12ClN5O3S/c15-9-1-3-10(4-2-9)17-12(21)7-20-11(5-16-18-20)6-19-13(22)8-24-14(19)23/h1-5H,6-8H2,(H,17,21). The minimum absolute atomic E-state index is 0.0475. The van der Waals surface area contributed by atoms with E-state index in [1.165, 1.54) is 10.9 Å². The average molecular weight is 366 g/mol. The number of amides is 3. The van der Waals surface area contributed by atoms with E-state index in [9.17, 15) is 14.4 Å². The molecular weight excluding hydrogens is 354 g/mol. The fraction of sp³-hybridized carbons (Fsp3) is 0.214. The monoisotopic (exact) mass is 365 g/mol. The molecule has 1 N–H and O–H groups in total. The highest BCUT2D eigenvalue weighted by Gasteiger charge is 2.30. The molecule has 1 aromatic heterocycles. The van der Waals surface area contributed by atoms with Gasteiger partial charge in [-0.15, -0.1) is 5.10 Å². The quantitative estimate of drug-likeness (QED) is 0.867. The van der Waals surface area contributed by atoms with E-state index in [1.54, 1.807) is 24.3 Å². The zero-order valence-corrected chi connectivity index (χ0v) is 13.9. The molecule has 0 saturated carbocycles. The third-order valence-electron chi connectivity index (χ3n) is 3.28. The van der Waals surface area contributed by atoms with Gasteiger partial charge in [-0.25, -0.2) is 4.68 Å². The third kappa shape index (κ3) is 3.74. The lowest BCUT2D eigenvalue weighted by molar-refractivity contribution is -0.125. The van der Waals surface area contributed by atoms with Crippen molar-refractivity contribution in [2.24, 2.45) is 0 Å². The van der Waals surface area contributed by atoms with E-state index in [4.69, 9.17) is 11.6 Å². The Bertz CT molecular complexity index is 776. The van der Waals surface area contributed by atoms with E-state index in [-0.39, 0.29) is 35.9 Å². The van der Waals surface area contributed by atoms with E-state index in [1.807, 2.05) is 0 Å². The van der Waals surface area contributed by atoms with Gasteiger partial charge in [0.15, 0.2) is 0 Å². The summed E-state index contributed by atoms with van der Waals surface area (Å²) < 4.78 is 1.36. The second kappa shape index (κ2) is 7.02. The molecular formula is C14H12ClN5O3S. The molecule has 3 rings (SSSR count). The summed E-state index contributed by atoms with van der Waals surface area (Å²) >= 11 is 6.75. The van der Waals surface area contributed by atoms with Crippen molar-refractivity contribution in [1.29, 1.82) is 0 Å². The lowest BCUT2D eigenvalue weighted by atomic mass is 10.3. The number of hydrogen-bond acceptors (Lipinski definition) is 6. The molecule has 124 valence electrons. The van der Waals surface area contributed by atoms with E-state index in [0.29, 0.717) is 16.4 Å². The van der Waals surface area contributed by atoms with Crippen LogP contribution in [0.4, 0.5) is 10.5 Å². The fourth-order valence-corrected chi connectivity index (χ4v) is 2.95. The molecule has 1 aliphatic rings. The summed E-state index contributed by atoms with van der Waals surface area (Å²) in [4.78, 5) is 36.5. The molecule has 0 bridgehead atoms. The molecule has 24 heavy (non-hydrogen) atoms. The maximum atomic E-state index is 12.1. The maximum Gasteiger partial charge on any atom is 0.289 e. The van der Waals surface area contributed by atoms with Gasteiger partial charge in [-0.3, -0.25) is 19.3 Å². The van der Waals surface area contributed by atoms with Gasteiger partial charge in [-0.2, -0.15) is 0 Å². The predicted octanol–water partition coefficient (Wildman–Crippen LogP) is 1.77. The molecule has 1 aromatic carbocycles. The molecule has 2 heterocycles. The van der Waals surface area contributed by atoms with Crippen LogP contribution in [0.15, 0.2) is 30.5 Å². The van der Waals surface area contributed by atoms with Gasteiger partial charge in [0.05, 0.1) is 24.2 Å². The first-order valence-corrected chi connectivity index (χ1v) is 8.29. The maximum absolute atomic E-state index is 12.1. The molecule has 8 nitrogen and oxygen atoms in total. The highest BCUT2D eigenvalue weighted by atomic mass is 35.5. The normalized spacial score (nSPS) is 14.3. The van der Waals surface area contributed by atoms with Gasteiger partial charge in [0.1, 0.15) is 6.54 Å². The molecule has 1 aliphatic heterocycles. The van der Waals surface area contributed by atoms with Gasteiger partial charge >= 0.3 is 0 Å². The summed E-state index contributed by atoms with van der Waals surface area (Å²) in [6.07, 6.45) is 1.43. The summed E-state index contributed by atoms with van der Waals surface area (Å²) in [5.41, 5.74) is 1.11. The van der Waals surface area contributed by atoms with Crippen LogP contribution in [0, 0.1) is 0 Å². The number of thioether (sulfide) groups is 1. The van der Waals surface area contributed by atoms with Gasteiger partial charge in [0.25, 0.3) is 5.24 Å².